The first-order chi connectivity index (χ1) is 8.99. The van der Waals surface area contributed by atoms with E-state index in [0.29, 0.717) is 18.1 Å². The molecule has 0 saturated heterocycles. The molecule has 1 aliphatic rings. The topological polar surface area (TPSA) is 60.4 Å². The maximum Gasteiger partial charge on any atom is 0.316 e. The van der Waals surface area contributed by atoms with Crippen LogP contribution in [0.25, 0.3) is 0 Å². The highest BCUT2D eigenvalue weighted by atomic mass is 32.2. The van der Waals surface area contributed by atoms with Gasteiger partial charge in [0.05, 0.1) is 13.0 Å². The zero-order valence-corrected chi connectivity index (χ0v) is 12.6. The Morgan fingerprint density at radius 2 is 2.11 bits per heavy atom. The number of esters is 1. The normalized spacial score (nSPS) is 25.2. The molecule has 19 heavy (non-hydrogen) atoms. The first-order valence-electron chi connectivity index (χ1n) is 6.82. The van der Waals surface area contributed by atoms with Crippen LogP contribution < -0.4 is 0 Å². The fraction of sp³-hybridized carbons (Fsp3) is 0.786. The lowest BCUT2D eigenvalue weighted by atomic mass is 9.75. The molecular formula is C14H22O4S. The third-order valence-corrected chi connectivity index (χ3v) is 4.40. The molecule has 0 N–H and O–H groups in total. The molecule has 0 heterocycles. The Morgan fingerprint density at radius 1 is 1.42 bits per heavy atom. The minimum atomic E-state index is -0.738. The lowest BCUT2D eigenvalue weighted by Crippen LogP contribution is -2.40. The van der Waals surface area contributed by atoms with Gasteiger partial charge in [-0.15, -0.1) is 0 Å². The summed E-state index contributed by atoms with van der Waals surface area (Å²) < 4.78 is 4.98. The molecule has 0 amide bonds. The summed E-state index contributed by atoms with van der Waals surface area (Å²) in [4.78, 5) is 35.4. The zero-order valence-electron chi connectivity index (χ0n) is 11.8. The molecule has 0 aromatic rings. The van der Waals surface area contributed by atoms with Gasteiger partial charge in [0.25, 0.3) is 0 Å². The summed E-state index contributed by atoms with van der Waals surface area (Å²) in [5.74, 6) is -0.726. The molecule has 0 aromatic heterocycles. The smallest absolute Gasteiger partial charge is 0.316 e. The van der Waals surface area contributed by atoms with E-state index in [9.17, 15) is 14.4 Å². The minimum absolute atomic E-state index is 0.0516. The van der Waals surface area contributed by atoms with Gasteiger partial charge in [0, 0.05) is 11.7 Å². The van der Waals surface area contributed by atoms with Crippen LogP contribution in [0.5, 0.6) is 0 Å². The summed E-state index contributed by atoms with van der Waals surface area (Å²) in [6.07, 6.45) is 0.915. The van der Waals surface area contributed by atoms with Crippen molar-refractivity contribution in [1.29, 1.82) is 0 Å². The zero-order chi connectivity index (χ0) is 14.4. The SMILES string of the molecule is CCOC(=O)[C@@H]1C(=O)CC(=O)C[C@@H]1C[C@H](C)SCC. The first-order valence-corrected chi connectivity index (χ1v) is 7.87. The van der Waals surface area contributed by atoms with Gasteiger partial charge in [-0.1, -0.05) is 13.8 Å². The van der Waals surface area contributed by atoms with Crippen molar-refractivity contribution in [3.8, 4) is 0 Å². The van der Waals surface area contributed by atoms with Crippen molar-refractivity contribution < 1.29 is 19.1 Å². The number of ketones is 2. The van der Waals surface area contributed by atoms with Crippen LogP contribution in [0, 0.1) is 11.8 Å². The lowest BCUT2D eigenvalue weighted by molar-refractivity contribution is -0.156. The third-order valence-electron chi connectivity index (χ3n) is 3.31. The standard InChI is InChI=1S/C14H22O4S/c1-4-18-14(17)13-10(6-9(3)19-5-2)7-11(15)8-12(13)16/h9-10,13H,4-8H2,1-3H3/t9-,10-,13-/m0/s1. The summed E-state index contributed by atoms with van der Waals surface area (Å²) >= 11 is 1.78. The molecule has 0 aliphatic heterocycles. The van der Waals surface area contributed by atoms with Crippen molar-refractivity contribution in [2.75, 3.05) is 12.4 Å². The van der Waals surface area contributed by atoms with E-state index in [4.69, 9.17) is 4.74 Å². The quantitative estimate of drug-likeness (QED) is 0.553. The van der Waals surface area contributed by atoms with Crippen LogP contribution in [0.2, 0.25) is 0 Å². The molecule has 0 radical (unpaired) electrons. The Labute approximate surface area is 118 Å². The number of Topliss-reactive ketones (excluding diaryl/α,β-unsaturated/α-hetero) is 2. The lowest BCUT2D eigenvalue weighted by Gasteiger charge is -2.29. The van der Waals surface area contributed by atoms with Gasteiger partial charge in [-0.25, -0.2) is 0 Å². The Morgan fingerprint density at radius 3 is 2.68 bits per heavy atom. The van der Waals surface area contributed by atoms with Crippen molar-refractivity contribution in [2.45, 2.75) is 45.3 Å². The Bertz CT molecular complexity index is 353. The second-order valence-electron chi connectivity index (χ2n) is 4.88. The van der Waals surface area contributed by atoms with Crippen molar-refractivity contribution in [3.63, 3.8) is 0 Å². The molecule has 5 heteroatoms. The predicted molar refractivity (Wildman–Crippen MR) is 75.1 cm³/mol. The molecular weight excluding hydrogens is 264 g/mol. The molecule has 0 unspecified atom stereocenters. The molecule has 4 nitrogen and oxygen atoms in total. The number of carbonyl (C=O) groups is 3. The molecule has 1 aliphatic carbocycles. The average molecular weight is 286 g/mol. The number of ether oxygens (including phenoxy) is 1. The van der Waals surface area contributed by atoms with E-state index in [0.717, 1.165) is 5.75 Å². The molecule has 108 valence electrons. The van der Waals surface area contributed by atoms with Crippen molar-refractivity contribution in [3.05, 3.63) is 0 Å². The maximum atomic E-state index is 11.9. The highest BCUT2D eigenvalue weighted by Crippen LogP contribution is 2.33. The summed E-state index contributed by atoms with van der Waals surface area (Å²) in [6, 6.07) is 0. The van der Waals surface area contributed by atoms with Crippen LogP contribution in [-0.4, -0.2) is 35.1 Å². The molecule has 1 saturated carbocycles. The average Bonchev–Trinajstić information content (AvgIpc) is 2.28. The van der Waals surface area contributed by atoms with E-state index in [1.807, 2.05) is 0 Å². The van der Waals surface area contributed by atoms with Crippen LogP contribution in [-0.2, 0) is 19.1 Å². The van der Waals surface area contributed by atoms with E-state index in [1.165, 1.54) is 0 Å². The fourth-order valence-electron chi connectivity index (χ4n) is 2.60. The van der Waals surface area contributed by atoms with E-state index in [2.05, 4.69) is 13.8 Å². The van der Waals surface area contributed by atoms with Gasteiger partial charge in [-0.3, -0.25) is 14.4 Å². The molecule has 0 spiro atoms. The Balaban J connectivity index is 2.78. The molecule has 3 atom stereocenters. The van der Waals surface area contributed by atoms with Crippen LogP contribution in [0.3, 0.4) is 0 Å². The molecule has 1 fully saturated rings. The Kier molecular flexibility index (Phi) is 6.55. The minimum Gasteiger partial charge on any atom is -0.465 e. The van der Waals surface area contributed by atoms with Crippen molar-refractivity contribution >= 4 is 29.3 Å². The fourth-order valence-corrected chi connectivity index (χ4v) is 3.56. The summed E-state index contributed by atoms with van der Waals surface area (Å²) in [5, 5.41) is 0.339. The molecule has 1 rings (SSSR count). The third kappa shape index (κ3) is 4.64. The van der Waals surface area contributed by atoms with Crippen LogP contribution in [0.15, 0.2) is 0 Å². The second kappa shape index (κ2) is 7.68. The number of hydrogen-bond donors (Lipinski definition) is 0. The summed E-state index contributed by atoms with van der Waals surface area (Å²) in [5.41, 5.74) is 0. The summed E-state index contributed by atoms with van der Waals surface area (Å²) in [7, 11) is 0. The number of carbonyl (C=O) groups excluding carboxylic acids is 3. The van der Waals surface area contributed by atoms with Gasteiger partial charge in [-0.05, 0) is 25.0 Å². The highest BCUT2D eigenvalue weighted by Gasteiger charge is 2.41. The second-order valence-corrected chi connectivity index (χ2v) is 6.59. The number of rotatable bonds is 6. The highest BCUT2D eigenvalue weighted by molar-refractivity contribution is 7.99. The predicted octanol–water partition coefficient (Wildman–Crippen LogP) is 2.25. The van der Waals surface area contributed by atoms with Gasteiger partial charge < -0.3 is 4.74 Å². The van der Waals surface area contributed by atoms with Crippen LogP contribution in [0.4, 0.5) is 0 Å². The summed E-state index contributed by atoms with van der Waals surface area (Å²) in [6.45, 7) is 6.13. The van der Waals surface area contributed by atoms with E-state index in [-0.39, 0.29) is 30.5 Å². The van der Waals surface area contributed by atoms with Gasteiger partial charge >= 0.3 is 5.97 Å². The largest absolute Gasteiger partial charge is 0.465 e. The number of hydrogen-bond acceptors (Lipinski definition) is 5. The molecule has 0 bridgehead atoms. The maximum absolute atomic E-state index is 11.9. The van der Waals surface area contributed by atoms with Crippen molar-refractivity contribution in [1.82, 2.24) is 0 Å². The Hall–Kier alpha value is -0.840. The van der Waals surface area contributed by atoms with Gasteiger partial charge in [0.15, 0.2) is 5.78 Å². The van der Waals surface area contributed by atoms with E-state index >= 15 is 0 Å². The van der Waals surface area contributed by atoms with Crippen molar-refractivity contribution in [2.24, 2.45) is 11.8 Å². The van der Waals surface area contributed by atoms with Gasteiger partial charge in [0.1, 0.15) is 11.7 Å². The van der Waals surface area contributed by atoms with Gasteiger partial charge in [-0.2, -0.15) is 11.8 Å². The van der Waals surface area contributed by atoms with Crippen LogP contribution >= 0.6 is 11.8 Å². The number of thioether (sulfide) groups is 1. The van der Waals surface area contributed by atoms with E-state index < -0.39 is 11.9 Å². The molecule has 0 aromatic carbocycles. The van der Waals surface area contributed by atoms with Crippen LogP contribution in [0.1, 0.15) is 40.0 Å². The van der Waals surface area contributed by atoms with E-state index in [1.54, 1.807) is 18.7 Å². The van der Waals surface area contributed by atoms with Gasteiger partial charge in [0.2, 0.25) is 0 Å². The first kappa shape index (κ1) is 16.2. The monoisotopic (exact) mass is 286 g/mol.